The molecular formula is C21H22O2. The van der Waals surface area contributed by atoms with Crippen LogP contribution in [0.5, 0.6) is 0 Å². The molecule has 0 unspecified atom stereocenters. The van der Waals surface area contributed by atoms with E-state index in [-0.39, 0.29) is 11.6 Å². The van der Waals surface area contributed by atoms with Crippen molar-refractivity contribution in [3.05, 3.63) is 71.8 Å². The summed E-state index contributed by atoms with van der Waals surface area (Å²) in [6, 6.07) is 21.1. The molecule has 3 atom stereocenters. The van der Waals surface area contributed by atoms with Crippen LogP contribution in [0, 0.1) is 5.92 Å². The summed E-state index contributed by atoms with van der Waals surface area (Å²) in [6.45, 7) is 0. The first-order chi connectivity index (χ1) is 11.2. The van der Waals surface area contributed by atoms with Crippen LogP contribution in [0.2, 0.25) is 0 Å². The number of hydrogen-bond acceptors (Lipinski definition) is 2. The third-order valence-corrected chi connectivity index (χ3v) is 5.49. The molecule has 3 fully saturated rings. The maximum Gasteiger partial charge on any atom is 0.306 e. The minimum absolute atomic E-state index is 0.0122. The normalized spacial score (nSPS) is 29.8. The number of carbonyl (C=O) groups excluding carboxylic acids is 1. The summed E-state index contributed by atoms with van der Waals surface area (Å²) < 4.78 is 6.01. The molecule has 1 aliphatic carbocycles. The molecule has 2 aromatic carbocycles. The van der Waals surface area contributed by atoms with Gasteiger partial charge in [0.2, 0.25) is 0 Å². The van der Waals surface area contributed by atoms with Gasteiger partial charge in [0.15, 0.2) is 0 Å². The van der Waals surface area contributed by atoms with Gasteiger partial charge in [0.1, 0.15) is 5.60 Å². The standard InChI is InChI=1S/C21H22O2/c22-20-13-18-11-12-21(23-20,14-16-7-3-1-4-8-16)15-19(18)17-9-5-2-6-10-17/h1-10,18-19H,11-15H2/t18-,19-,21+/m1/s1. The lowest BCUT2D eigenvalue weighted by atomic mass is 9.67. The lowest BCUT2D eigenvalue weighted by Crippen LogP contribution is -2.40. The zero-order valence-corrected chi connectivity index (χ0v) is 13.3. The van der Waals surface area contributed by atoms with E-state index >= 15 is 0 Å². The van der Waals surface area contributed by atoms with E-state index in [1.165, 1.54) is 11.1 Å². The first-order valence-electron chi connectivity index (χ1n) is 8.55. The maximum atomic E-state index is 12.3. The van der Waals surface area contributed by atoms with Gasteiger partial charge in [-0.25, -0.2) is 0 Å². The molecule has 2 nitrogen and oxygen atoms in total. The van der Waals surface area contributed by atoms with Crippen LogP contribution in [0.3, 0.4) is 0 Å². The predicted molar refractivity (Wildman–Crippen MR) is 90.1 cm³/mol. The van der Waals surface area contributed by atoms with Gasteiger partial charge in [0.05, 0.1) is 0 Å². The van der Waals surface area contributed by atoms with Crippen LogP contribution in [-0.4, -0.2) is 11.6 Å². The van der Waals surface area contributed by atoms with Crippen molar-refractivity contribution in [2.45, 2.75) is 43.6 Å². The molecule has 2 aliphatic heterocycles. The summed E-state index contributed by atoms with van der Waals surface area (Å²) in [5.41, 5.74) is 2.28. The average Bonchev–Trinajstić information content (AvgIpc) is 2.82. The van der Waals surface area contributed by atoms with Gasteiger partial charge in [-0.05, 0) is 42.2 Å². The molecule has 0 spiro atoms. The molecule has 5 rings (SSSR count). The van der Waals surface area contributed by atoms with Gasteiger partial charge in [-0.2, -0.15) is 0 Å². The largest absolute Gasteiger partial charge is 0.459 e. The van der Waals surface area contributed by atoms with Gasteiger partial charge >= 0.3 is 5.97 Å². The lowest BCUT2D eigenvalue weighted by Gasteiger charge is -2.40. The maximum absolute atomic E-state index is 12.3. The van der Waals surface area contributed by atoms with E-state index in [0.29, 0.717) is 18.3 Å². The smallest absolute Gasteiger partial charge is 0.306 e. The van der Waals surface area contributed by atoms with Gasteiger partial charge in [0.25, 0.3) is 0 Å². The number of hydrogen-bond donors (Lipinski definition) is 0. The van der Waals surface area contributed by atoms with E-state index < -0.39 is 0 Å². The Labute approximate surface area is 137 Å². The van der Waals surface area contributed by atoms with Crippen molar-refractivity contribution in [2.75, 3.05) is 0 Å². The third-order valence-electron chi connectivity index (χ3n) is 5.49. The molecule has 2 heteroatoms. The van der Waals surface area contributed by atoms with Gasteiger partial charge in [0, 0.05) is 12.8 Å². The minimum Gasteiger partial charge on any atom is -0.459 e. The van der Waals surface area contributed by atoms with Crippen LogP contribution in [-0.2, 0) is 16.0 Å². The van der Waals surface area contributed by atoms with Crippen LogP contribution < -0.4 is 0 Å². The van der Waals surface area contributed by atoms with Crippen molar-refractivity contribution in [1.82, 2.24) is 0 Å². The molecule has 23 heavy (non-hydrogen) atoms. The Morgan fingerprint density at radius 2 is 1.70 bits per heavy atom. The second kappa shape index (κ2) is 5.84. The minimum atomic E-state index is -0.327. The summed E-state index contributed by atoms with van der Waals surface area (Å²) in [4.78, 5) is 12.3. The van der Waals surface area contributed by atoms with Gasteiger partial charge in [-0.15, -0.1) is 0 Å². The van der Waals surface area contributed by atoms with Gasteiger partial charge < -0.3 is 4.74 Å². The SMILES string of the molecule is O=C1C[C@H]2CC[C@](Cc3ccccc3)(C[C@@H]2c2ccccc2)O1. The van der Waals surface area contributed by atoms with Crippen LogP contribution in [0.15, 0.2) is 60.7 Å². The van der Waals surface area contributed by atoms with E-state index in [4.69, 9.17) is 4.74 Å². The third kappa shape index (κ3) is 2.90. The first kappa shape index (κ1) is 14.5. The molecule has 118 valence electrons. The Kier molecular flexibility index (Phi) is 3.68. The van der Waals surface area contributed by atoms with Crippen LogP contribution >= 0.6 is 0 Å². The molecule has 2 heterocycles. The number of rotatable bonds is 3. The highest BCUT2D eigenvalue weighted by atomic mass is 16.6. The topological polar surface area (TPSA) is 26.3 Å². The molecule has 1 saturated carbocycles. The second-order valence-corrected chi connectivity index (χ2v) is 7.04. The quantitative estimate of drug-likeness (QED) is 0.781. The molecule has 0 aromatic heterocycles. The predicted octanol–water partition coefficient (Wildman–Crippen LogP) is 4.50. The summed E-state index contributed by atoms with van der Waals surface area (Å²) >= 11 is 0. The Morgan fingerprint density at radius 1 is 1.00 bits per heavy atom. The Morgan fingerprint density at radius 3 is 2.43 bits per heavy atom. The van der Waals surface area contributed by atoms with Gasteiger partial charge in [-0.1, -0.05) is 60.7 Å². The Bertz CT molecular complexity index is 680. The molecule has 2 aromatic rings. The summed E-state index contributed by atoms with van der Waals surface area (Å²) in [6.07, 6.45) is 4.41. The second-order valence-electron chi connectivity index (χ2n) is 7.04. The Balaban J connectivity index is 1.67. The summed E-state index contributed by atoms with van der Waals surface area (Å²) in [5.74, 6) is 0.846. The molecular weight excluding hydrogens is 284 g/mol. The molecule has 0 N–H and O–H groups in total. The van der Waals surface area contributed by atoms with E-state index in [2.05, 4.69) is 54.6 Å². The molecule has 3 aliphatic rings. The van der Waals surface area contributed by atoms with Crippen LogP contribution in [0.1, 0.15) is 42.7 Å². The van der Waals surface area contributed by atoms with Crippen molar-refractivity contribution in [3.63, 3.8) is 0 Å². The van der Waals surface area contributed by atoms with Crippen LogP contribution in [0.25, 0.3) is 0 Å². The highest BCUT2D eigenvalue weighted by molar-refractivity contribution is 5.71. The number of carbonyl (C=O) groups is 1. The molecule has 0 amide bonds. The number of fused-ring (bicyclic) bond motifs is 4. The molecule has 2 bridgehead atoms. The van der Waals surface area contributed by atoms with Crippen molar-refractivity contribution >= 4 is 5.97 Å². The van der Waals surface area contributed by atoms with Crippen molar-refractivity contribution in [3.8, 4) is 0 Å². The van der Waals surface area contributed by atoms with Crippen LogP contribution in [0.4, 0.5) is 0 Å². The van der Waals surface area contributed by atoms with Crippen molar-refractivity contribution in [1.29, 1.82) is 0 Å². The fourth-order valence-electron chi connectivity index (χ4n) is 4.41. The highest BCUT2D eigenvalue weighted by Crippen LogP contribution is 2.49. The van der Waals surface area contributed by atoms with E-state index in [1.54, 1.807) is 0 Å². The van der Waals surface area contributed by atoms with E-state index in [0.717, 1.165) is 25.7 Å². The van der Waals surface area contributed by atoms with Crippen molar-refractivity contribution in [2.24, 2.45) is 5.92 Å². The van der Waals surface area contributed by atoms with Gasteiger partial charge in [-0.3, -0.25) is 4.79 Å². The average molecular weight is 306 g/mol. The molecule has 2 saturated heterocycles. The zero-order chi connectivity index (χ0) is 15.7. The summed E-state index contributed by atoms with van der Waals surface area (Å²) in [5, 5.41) is 0. The monoisotopic (exact) mass is 306 g/mol. The van der Waals surface area contributed by atoms with E-state index in [9.17, 15) is 4.79 Å². The number of esters is 1. The zero-order valence-electron chi connectivity index (χ0n) is 13.3. The fourth-order valence-corrected chi connectivity index (χ4v) is 4.41. The lowest BCUT2D eigenvalue weighted by molar-refractivity contribution is -0.158. The van der Waals surface area contributed by atoms with Crippen molar-refractivity contribution < 1.29 is 9.53 Å². The van der Waals surface area contributed by atoms with E-state index in [1.807, 2.05) is 6.07 Å². The number of benzene rings is 2. The molecule has 0 radical (unpaired) electrons. The number of ether oxygens (including phenoxy) is 1. The highest BCUT2D eigenvalue weighted by Gasteiger charge is 2.48. The first-order valence-corrected chi connectivity index (χ1v) is 8.55. The summed E-state index contributed by atoms with van der Waals surface area (Å²) in [7, 11) is 0. The fraction of sp³-hybridized carbons (Fsp3) is 0.381. The Hall–Kier alpha value is -2.09.